The fourth-order valence-electron chi connectivity index (χ4n) is 1.40. The molecule has 0 fully saturated rings. The van der Waals surface area contributed by atoms with E-state index in [0.717, 1.165) is 17.1 Å². The van der Waals surface area contributed by atoms with Crippen molar-refractivity contribution < 1.29 is 9.53 Å². The third-order valence-electron chi connectivity index (χ3n) is 2.43. The van der Waals surface area contributed by atoms with Gasteiger partial charge in [0, 0.05) is 31.4 Å². The molecule has 0 saturated heterocycles. The number of carbonyl (C=O) groups excluding carboxylic acids is 1. The van der Waals surface area contributed by atoms with Crippen LogP contribution in [0.1, 0.15) is 30.5 Å². The highest BCUT2D eigenvalue weighted by atomic mass is 32.1. The molecule has 1 aromatic heterocycles. The maximum atomic E-state index is 11.5. The van der Waals surface area contributed by atoms with Crippen LogP contribution in [0, 0.1) is 0 Å². The molecule has 0 aliphatic carbocycles. The average Bonchev–Trinajstić information content (AvgIpc) is 2.78. The average molecular weight is 271 g/mol. The molecule has 1 aromatic rings. The summed E-state index contributed by atoms with van der Waals surface area (Å²) < 4.78 is 4.82. The van der Waals surface area contributed by atoms with Crippen LogP contribution in [0.15, 0.2) is 5.38 Å². The number of hydrogen-bond donors (Lipinski definition) is 2. The van der Waals surface area contributed by atoms with Crippen LogP contribution < -0.4 is 11.1 Å². The second kappa shape index (κ2) is 7.45. The van der Waals surface area contributed by atoms with Gasteiger partial charge in [-0.3, -0.25) is 4.79 Å². The summed E-state index contributed by atoms with van der Waals surface area (Å²) >= 11 is 1.66. The monoisotopic (exact) mass is 271 g/mol. The Balaban J connectivity index is 2.30. The lowest BCUT2D eigenvalue weighted by atomic mass is 10.2. The first kappa shape index (κ1) is 15.1. The van der Waals surface area contributed by atoms with Crippen molar-refractivity contribution in [3.63, 3.8) is 0 Å². The second-order valence-electron chi connectivity index (χ2n) is 4.43. The lowest BCUT2D eigenvalue weighted by Crippen LogP contribution is -2.44. The second-order valence-corrected chi connectivity index (χ2v) is 5.32. The molecule has 0 bridgehead atoms. The molecule has 0 radical (unpaired) electrons. The van der Waals surface area contributed by atoms with E-state index in [1.54, 1.807) is 11.3 Å². The zero-order valence-corrected chi connectivity index (χ0v) is 11.9. The highest BCUT2D eigenvalue weighted by Gasteiger charge is 2.12. The highest BCUT2D eigenvalue weighted by molar-refractivity contribution is 7.09. The van der Waals surface area contributed by atoms with Gasteiger partial charge < -0.3 is 15.8 Å². The fourth-order valence-corrected chi connectivity index (χ4v) is 2.27. The van der Waals surface area contributed by atoms with Crippen LogP contribution in [0.25, 0.3) is 0 Å². The van der Waals surface area contributed by atoms with Gasteiger partial charge in [-0.2, -0.15) is 0 Å². The van der Waals surface area contributed by atoms with E-state index in [1.807, 2.05) is 5.38 Å². The van der Waals surface area contributed by atoms with E-state index in [2.05, 4.69) is 24.1 Å². The van der Waals surface area contributed by atoms with Crippen LogP contribution in [-0.4, -0.2) is 37.2 Å². The lowest BCUT2D eigenvalue weighted by Gasteiger charge is -2.10. The number of aromatic nitrogens is 1. The number of nitrogens with two attached hydrogens (primary N) is 1. The molecule has 0 saturated carbocycles. The minimum atomic E-state index is -0.600. The number of amides is 1. The summed E-state index contributed by atoms with van der Waals surface area (Å²) in [6, 6.07) is -0.600. The number of methoxy groups -OCH3 is 1. The van der Waals surface area contributed by atoms with E-state index in [-0.39, 0.29) is 12.5 Å². The largest absolute Gasteiger partial charge is 0.383 e. The summed E-state index contributed by atoms with van der Waals surface area (Å²) in [5.41, 5.74) is 6.62. The summed E-state index contributed by atoms with van der Waals surface area (Å²) in [4.78, 5) is 16.0. The Kier molecular flexibility index (Phi) is 6.24. The molecule has 1 atom stereocenters. The minimum Gasteiger partial charge on any atom is -0.383 e. The van der Waals surface area contributed by atoms with E-state index >= 15 is 0 Å². The molecule has 6 heteroatoms. The van der Waals surface area contributed by atoms with Crippen LogP contribution in [-0.2, 0) is 16.0 Å². The Morgan fingerprint density at radius 1 is 1.61 bits per heavy atom. The Morgan fingerprint density at radius 3 is 2.89 bits per heavy atom. The SMILES string of the molecule is COCC(N)C(=O)NCCc1csc(C(C)C)n1. The van der Waals surface area contributed by atoms with Crippen molar-refractivity contribution in [3.8, 4) is 0 Å². The molecular weight excluding hydrogens is 250 g/mol. The fraction of sp³-hybridized carbons (Fsp3) is 0.667. The Morgan fingerprint density at radius 2 is 2.33 bits per heavy atom. The molecule has 1 unspecified atom stereocenters. The summed E-state index contributed by atoms with van der Waals surface area (Å²) in [5, 5.41) is 5.95. The van der Waals surface area contributed by atoms with Gasteiger partial charge >= 0.3 is 0 Å². The zero-order valence-electron chi connectivity index (χ0n) is 11.1. The molecule has 1 heterocycles. The van der Waals surface area contributed by atoms with E-state index in [9.17, 15) is 4.79 Å². The smallest absolute Gasteiger partial charge is 0.239 e. The lowest BCUT2D eigenvalue weighted by molar-refractivity contribution is -0.123. The van der Waals surface area contributed by atoms with Crippen molar-refractivity contribution >= 4 is 17.2 Å². The van der Waals surface area contributed by atoms with Crippen molar-refractivity contribution in [2.24, 2.45) is 5.73 Å². The molecule has 18 heavy (non-hydrogen) atoms. The van der Waals surface area contributed by atoms with Gasteiger partial charge in [0.15, 0.2) is 0 Å². The quantitative estimate of drug-likeness (QED) is 0.772. The van der Waals surface area contributed by atoms with E-state index in [4.69, 9.17) is 10.5 Å². The molecule has 0 aromatic carbocycles. The maximum absolute atomic E-state index is 11.5. The molecule has 0 spiro atoms. The van der Waals surface area contributed by atoms with Gasteiger partial charge in [-0.25, -0.2) is 4.98 Å². The Bertz CT molecular complexity index is 379. The van der Waals surface area contributed by atoms with Crippen molar-refractivity contribution in [3.05, 3.63) is 16.1 Å². The first-order chi connectivity index (χ1) is 8.54. The number of nitrogens with one attached hydrogen (secondary N) is 1. The van der Waals surface area contributed by atoms with Crippen LogP contribution >= 0.6 is 11.3 Å². The Hall–Kier alpha value is -0.980. The first-order valence-corrected chi connectivity index (χ1v) is 6.89. The van der Waals surface area contributed by atoms with E-state index in [1.165, 1.54) is 7.11 Å². The van der Waals surface area contributed by atoms with E-state index in [0.29, 0.717) is 12.5 Å². The van der Waals surface area contributed by atoms with Crippen LogP contribution in [0.3, 0.4) is 0 Å². The molecule has 5 nitrogen and oxygen atoms in total. The maximum Gasteiger partial charge on any atom is 0.239 e. The molecule has 0 aliphatic rings. The third-order valence-corrected chi connectivity index (χ3v) is 3.62. The zero-order chi connectivity index (χ0) is 13.5. The normalized spacial score (nSPS) is 12.7. The molecule has 3 N–H and O–H groups in total. The first-order valence-electron chi connectivity index (χ1n) is 6.01. The number of rotatable bonds is 7. The van der Waals surface area contributed by atoms with Gasteiger partial charge in [-0.1, -0.05) is 13.8 Å². The highest BCUT2D eigenvalue weighted by Crippen LogP contribution is 2.19. The molecule has 102 valence electrons. The number of carbonyl (C=O) groups is 1. The van der Waals surface area contributed by atoms with Crippen molar-refractivity contribution in [2.45, 2.75) is 32.2 Å². The van der Waals surface area contributed by atoms with Crippen molar-refractivity contribution in [2.75, 3.05) is 20.3 Å². The van der Waals surface area contributed by atoms with E-state index < -0.39 is 6.04 Å². The number of ether oxygens (including phenoxy) is 1. The van der Waals surface area contributed by atoms with Gasteiger partial charge in [-0.15, -0.1) is 11.3 Å². The summed E-state index contributed by atoms with van der Waals surface area (Å²) in [5.74, 6) is 0.268. The van der Waals surface area contributed by atoms with Gasteiger partial charge in [0.2, 0.25) is 5.91 Å². The topological polar surface area (TPSA) is 77.2 Å². The predicted molar refractivity (Wildman–Crippen MR) is 72.8 cm³/mol. The number of thiazole rings is 1. The van der Waals surface area contributed by atoms with Gasteiger partial charge in [0.25, 0.3) is 0 Å². The summed E-state index contributed by atoms with van der Waals surface area (Å²) in [7, 11) is 1.52. The molecule has 0 aliphatic heterocycles. The number of hydrogen-bond acceptors (Lipinski definition) is 5. The summed E-state index contributed by atoms with van der Waals surface area (Å²) in [6.45, 7) is 5.03. The van der Waals surface area contributed by atoms with Crippen LogP contribution in [0.5, 0.6) is 0 Å². The minimum absolute atomic E-state index is 0.184. The molecular formula is C12H21N3O2S. The predicted octanol–water partition coefficient (Wildman–Crippen LogP) is 0.899. The van der Waals surface area contributed by atoms with Crippen LogP contribution in [0.4, 0.5) is 0 Å². The third kappa shape index (κ3) is 4.72. The van der Waals surface area contributed by atoms with Crippen molar-refractivity contribution in [1.29, 1.82) is 0 Å². The number of nitrogens with zero attached hydrogens (tertiary/aromatic N) is 1. The van der Waals surface area contributed by atoms with Crippen molar-refractivity contribution in [1.82, 2.24) is 10.3 Å². The standard InChI is InChI=1S/C12H21N3O2S/c1-8(2)12-15-9(7-18-12)4-5-14-11(16)10(13)6-17-3/h7-8,10H,4-6,13H2,1-3H3,(H,14,16). The van der Waals surface area contributed by atoms with Gasteiger partial charge in [-0.05, 0) is 0 Å². The molecule has 1 rings (SSSR count). The molecule has 1 amide bonds. The summed E-state index contributed by atoms with van der Waals surface area (Å²) in [6.07, 6.45) is 0.731. The van der Waals surface area contributed by atoms with Gasteiger partial charge in [0.1, 0.15) is 6.04 Å². The Labute approximate surface area is 112 Å². The van der Waals surface area contributed by atoms with Gasteiger partial charge in [0.05, 0.1) is 17.3 Å². The van der Waals surface area contributed by atoms with Crippen LogP contribution in [0.2, 0.25) is 0 Å².